The fourth-order valence-corrected chi connectivity index (χ4v) is 2.12. The second-order valence-electron chi connectivity index (χ2n) is 4.58. The van der Waals surface area contributed by atoms with Gasteiger partial charge in [-0.2, -0.15) is 0 Å². The maximum atomic E-state index is 6.03. The molecule has 70 valence electrons. The molecule has 1 aromatic rings. The van der Waals surface area contributed by atoms with E-state index >= 15 is 0 Å². The molecule has 0 spiro atoms. The lowest BCUT2D eigenvalue weighted by atomic mass is 9.74. The smallest absolute Gasteiger partial charge is 0.115 e. The van der Waals surface area contributed by atoms with Gasteiger partial charge in [0.15, 0.2) is 0 Å². The Hall–Kier alpha value is -0.960. The molecule has 1 unspecified atom stereocenters. The fourth-order valence-electron chi connectivity index (χ4n) is 2.12. The average molecular weight is 177 g/mol. The van der Waals surface area contributed by atoms with Crippen LogP contribution >= 0.6 is 0 Å². The van der Waals surface area contributed by atoms with Gasteiger partial charge in [-0.1, -0.05) is 13.8 Å². The SMILES string of the molecule is CC1(C)Cc2cncnc2C(N)C1. The predicted molar refractivity (Wildman–Crippen MR) is 51.1 cm³/mol. The standard InChI is InChI=1S/C10H15N3/c1-10(2)3-7-5-12-6-13-9(7)8(11)4-10/h5-6,8H,3-4,11H2,1-2H3. The van der Waals surface area contributed by atoms with Crippen molar-refractivity contribution in [3.8, 4) is 0 Å². The first-order chi connectivity index (χ1) is 6.08. The molecule has 0 fully saturated rings. The zero-order chi connectivity index (χ0) is 9.47. The minimum Gasteiger partial charge on any atom is -0.323 e. The lowest BCUT2D eigenvalue weighted by Gasteiger charge is -2.33. The highest BCUT2D eigenvalue weighted by Gasteiger charge is 2.30. The van der Waals surface area contributed by atoms with E-state index in [-0.39, 0.29) is 11.5 Å². The maximum absolute atomic E-state index is 6.03. The van der Waals surface area contributed by atoms with Gasteiger partial charge in [0.2, 0.25) is 0 Å². The van der Waals surface area contributed by atoms with Crippen LogP contribution in [0.2, 0.25) is 0 Å². The highest BCUT2D eigenvalue weighted by atomic mass is 14.9. The highest BCUT2D eigenvalue weighted by molar-refractivity contribution is 5.24. The first-order valence-corrected chi connectivity index (χ1v) is 4.63. The molecular weight excluding hydrogens is 162 g/mol. The van der Waals surface area contributed by atoms with E-state index in [0.29, 0.717) is 0 Å². The minimum absolute atomic E-state index is 0.0850. The molecule has 1 heterocycles. The Morgan fingerprint density at radius 3 is 3.08 bits per heavy atom. The topological polar surface area (TPSA) is 51.8 Å². The van der Waals surface area contributed by atoms with Crippen molar-refractivity contribution < 1.29 is 0 Å². The number of rotatable bonds is 0. The molecule has 3 nitrogen and oxygen atoms in total. The normalized spacial score (nSPS) is 25.3. The molecule has 0 aromatic carbocycles. The molecule has 2 N–H and O–H groups in total. The molecule has 0 saturated carbocycles. The second-order valence-corrected chi connectivity index (χ2v) is 4.58. The van der Waals surface area contributed by atoms with Crippen LogP contribution in [0.5, 0.6) is 0 Å². The van der Waals surface area contributed by atoms with Crippen molar-refractivity contribution in [1.29, 1.82) is 0 Å². The van der Waals surface area contributed by atoms with E-state index in [1.54, 1.807) is 6.33 Å². The molecule has 2 rings (SSSR count). The third kappa shape index (κ3) is 1.56. The van der Waals surface area contributed by atoms with Gasteiger partial charge < -0.3 is 5.73 Å². The Bertz CT molecular complexity index is 320. The van der Waals surface area contributed by atoms with Crippen LogP contribution in [0.15, 0.2) is 12.5 Å². The lowest BCUT2D eigenvalue weighted by Crippen LogP contribution is -2.30. The Morgan fingerprint density at radius 1 is 1.54 bits per heavy atom. The van der Waals surface area contributed by atoms with E-state index in [2.05, 4.69) is 23.8 Å². The predicted octanol–water partition coefficient (Wildman–Crippen LogP) is 1.45. The molecule has 13 heavy (non-hydrogen) atoms. The monoisotopic (exact) mass is 177 g/mol. The molecule has 1 aliphatic carbocycles. The van der Waals surface area contributed by atoms with Gasteiger partial charge in [0.25, 0.3) is 0 Å². The third-order valence-corrected chi connectivity index (χ3v) is 2.62. The van der Waals surface area contributed by atoms with Gasteiger partial charge in [0.05, 0.1) is 5.69 Å². The molecule has 0 aliphatic heterocycles. The van der Waals surface area contributed by atoms with Crippen LogP contribution in [0, 0.1) is 5.41 Å². The van der Waals surface area contributed by atoms with Gasteiger partial charge in [-0.05, 0) is 23.8 Å². The molecule has 0 amide bonds. The van der Waals surface area contributed by atoms with Crippen LogP contribution in [0.25, 0.3) is 0 Å². The van der Waals surface area contributed by atoms with E-state index in [9.17, 15) is 0 Å². The number of fused-ring (bicyclic) bond motifs is 1. The van der Waals surface area contributed by atoms with Crippen LogP contribution in [-0.2, 0) is 6.42 Å². The van der Waals surface area contributed by atoms with Crippen molar-refractivity contribution in [3.05, 3.63) is 23.8 Å². The number of aromatic nitrogens is 2. The highest BCUT2D eigenvalue weighted by Crippen LogP contribution is 2.37. The average Bonchev–Trinajstić information content (AvgIpc) is 2.02. The number of nitrogens with zero attached hydrogens (tertiary/aromatic N) is 2. The van der Waals surface area contributed by atoms with E-state index in [0.717, 1.165) is 18.5 Å². The first kappa shape index (κ1) is 8.63. The first-order valence-electron chi connectivity index (χ1n) is 4.63. The summed E-state index contributed by atoms with van der Waals surface area (Å²) in [5.74, 6) is 0. The van der Waals surface area contributed by atoms with Crippen molar-refractivity contribution in [2.75, 3.05) is 0 Å². The maximum Gasteiger partial charge on any atom is 0.115 e. The molecule has 0 bridgehead atoms. The molecule has 1 aromatic heterocycles. The van der Waals surface area contributed by atoms with Gasteiger partial charge >= 0.3 is 0 Å². The molecular formula is C10H15N3. The Balaban J connectivity index is 2.43. The summed E-state index contributed by atoms with van der Waals surface area (Å²) in [4.78, 5) is 8.26. The van der Waals surface area contributed by atoms with E-state index in [1.165, 1.54) is 5.56 Å². The van der Waals surface area contributed by atoms with Crippen molar-refractivity contribution in [2.45, 2.75) is 32.7 Å². The van der Waals surface area contributed by atoms with Crippen molar-refractivity contribution >= 4 is 0 Å². The van der Waals surface area contributed by atoms with Crippen LogP contribution in [0.4, 0.5) is 0 Å². The van der Waals surface area contributed by atoms with Gasteiger partial charge in [-0.25, -0.2) is 9.97 Å². The summed E-state index contributed by atoms with van der Waals surface area (Å²) in [6.07, 6.45) is 5.52. The molecule has 0 saturated heterocycles. The Kier molecular flexibility index (Phi) is 1.84. The third-order valence-electron chi connectivity index (χ3n) is 2.62. The zero-order valence-corrected chi connectivity index (χ0v) is 8.12. The van der Waals surface area contributed by atoms with Gasteiger partial charge in [0, 0.05) is 12.2 Å². The molecule has 0 radical (unpaired) electrons. The molecule has 1 atom stereocenters. The van der Waals surface area contributed by atoms with E-state index in [1.807, 2.05) is 6.20 Å². The van der Waals surface area contributed by atoms with E-state index < -0.39 is 0 Å². The summed E-state index contributed by atoms with van der Waals surface area (Å²) in [6.45, 7) is 4.48. The summed E-state index contributed by atoms with van der Waals surface area (Å²) >= 11 is 0. The van der Waals surface area contributed by atoms with E-state index in [4.69, 9.17) is 5.73 Å². The van der Waals surface area contributed by atoms with Crippen LogP contribution in [0.3, 0.4) is 0 Å². The van der Waals surface area contributed by atoms with Gasteiger partial charge in [-0.15, -0.1) is 0 Å². The minimum atomic E-state index is 0.0850. The molecule has 3 heteroatoms. The summed E-state index contributed by atoms with van der Waals surface area (Å²) < 4.78 is 0. The summed E-state index contributed by atoms with van der Waals surface area (Å²) in [5.41, 5.74) is 8.57. The van der Waals surface area contributed by atoms with Crippen LogP contribution in [-0.4, -0.2) is 9.97 Å². The largest absolute Gasteiger partial charge is 0.323 e. The van der Waals surface area contributed by atoms with Gasteiger partial charge in [0.1, 0.15) is 6.33 Å². The second kappa shape index (κ2) is 2.77. The number of nitrogens with two attached hydrogens (primary N) is 1. The fraction of sp³-hybridized carbons (Fsp3) is 0.600. The quantitative estimate of drug-likeness (QED) is 0.652. The number of hydrogen-bond acceptors (Lipinski definition) is 3. The molecule has 1 aliphatic rings. The van der Waals surface area contributed by atoms with Crippen molar-refractivity contribution in [1.82, 2.24) is 9.97 Å². The van der Waals surface area contributed by atoms with Crippen molar-refractivity contribution in [2.24, 2.45) is 11.1 Å². The summed E-state index contributed by atoms with van der Waals surface area (Å²) in [5, 5.41) is 0. The van der Waals surface area contributed by atoms with Crippen molar-refractivity contribution in [3.63, 3.8) is 0 Å². The Labute approximate surface area is 78.4 Å². The lowest BCUT2D eigenvalue weighted by molar-refractivity contribution is 0.278. The number of hydrogen-bond donors (Lipinski definition) is 1. The summed E-state index contributed by atoms with van der Waals surface area (Å²) in [7, 11) is 0. The Morgan fingerprint density at radius 2 is 2.31 bits per heavy atom. The summed E-state index contributed by atoms with van der Waals surface area (Å²) in [6, 6.07) is 0.0850. The zero-order valence-electron chi connectivity index (χ0n) is 8.12. The van der Waals surface area contributed by atoms with Crippen LogP contribution in [0.1, 0.15) is 37.6 Å². The van der Waals surface area contributed by atoms with Crippen LogP contribution < -0.4 is 5.73 Å². The van der Waals surface area contributed by atoms with Gasteiger partial charge in [-0.3, -0.25) is 0 Å².